The van der Waals surface area contributed by atoms with Crippen molar-refractivity contribution in [1.82, 2.24) is 19.5 Å². The minimum Gasteiger partial charge on any atom is -0.492 e. The number of hydrogen-bond acceptors (Lipinski definition) is 7. The molecule has 2 aromatic heterocycles. The number of hydrogen-bond donors (Lipinski definition) is 3. The van der Waals surface area contributed by atoms with E-state index in [4.69, 9.17) is 14.8 Å². The van der Waals surface area contributed by atoms with Crippen molar-refractivity contribution in [3.05, 3.63) is 65.0 Å². The van der Waals surface area contributed by atoms with Crippen LogP contribution < -0.4 is 10.1 Å². The summed E-state index contributed by atoms with van der Waals surface area (Å²) in [4.78, 5) is 36.6. The number of fused-ring (bicyclic) bond motifs is 1. The number of aliphatic carboxylic acids is 1. The zero-order valence-electron chi connectivity index (χ0n) is 22.2. The number of carboxylic acids is 2. The minimum absolute atomic E-state index is 0.00192. The Morgan fingerprint density at radius 2 is 1.82 bits per heavy atom. The third-order valence-electron chi connectivity index (χ3n) is 6.96. The van der Waals surface area contributed by atoms with Gasteiger partial charge in [-0.3, -0.25) is 4.79 Å². The fourth-order valence-corrected chi connectivity index (χ4v) is 5.14. The molecule has 0 spiro atoms. The maximum atomic E-state index is 12.0. The largest absolute Gasteiger partial charge is 0.492 e. The van der Waals surface area contributed by atoms with Gasteiger partial charge in [0.2, 0.25) is 5.82 Å². The quantitative estimate of drug-likeness (QED) is 0.133. The van der Waals surface area contributed by atoms with Crippen LogP contribution in [0.5, 0.6) is 5.75 Å². The van der Waals surface area contributed by atoms with Gasteiger partial charge in [0, 0.05) is 17.0 Å². The average molecular weight is 655 g/mol. The molecule has 0 bridgehead atoms. The van der Waals surface area contributed by atoms with Gasteiger partial charge < -0.3 is 24.8 Å². The lowest BCUT2D eigenvalue weighted by atomic mass is 10.1. The van der Waals surface area contributed by atoms with E-state index in [1.165, 1.54) is 5.56 Å². The first-order chi connectivity index (χ1) is 19.2. The lowest BCUT2D eigenvalue weighted by Gasteiger charge is -2.17. The minimum atomic E-state index is -1.23. The van der Waals surface area contributed by atoms with Crippen LogP contribution in [0.1, 0.15) is 53.5 Å². The highest BCUT2D eigenvalue weighted by Crippen LogP contribution is 2.37. The lowest BCUT2D eigenvalue weighted by molar-refractivity contribution is -0.137. The molecule has 0 aliphatic heterocycles. The highest BCUT2D eigenvalue weighted by molar-refractivity contribution is 14.1. The first-order valence-electron chi connectivity index (χ1n) is 13.1. The second kappa shape index (κ2) is 11.8. The van der Waals surface area contributed by atoms with Gasteiger partial charge in [0.1, 0.15) is 17.1 Å². The number of aromatic nitrogens is 4. The summed E-state index contributed by atoms with van der Waals surface area (Å²) in [5.41, 5.74) is 4.72. The standard InChI is InChI=1S/C29H30IN5O5/c1-16-3-10-22(40-12-11-23(36)37)21(13-16)28-34-26-24(35(28)15-19-6-4-18(14-30)5-7-19)25(31-17(2)20-8-9-20)32-27(33-26)29(38)39/h3-7,10,13,17,20H,8-9,11-12,14-15H2,1-2H3,(H,36,37)(H,38,39)(H,31,32,33)/t17-/m1/s1. The van der Waals surface area contributed by atoms with Crippen molar-refractivity contribution in [3.63, 3.8) is 0 Å². The molecule has 0 unspecified atom stereocenters. The predicted molar refractivity (Wildman–Crippen MR) is 159 cm³/mol. The third kappa shape index (κ3) is 6.19. The molecule has 11 heteroatoms. The Morgan fingerprint density at radius 1 is 1.10 bits per heavy atom. The summed E-state index contributed by atoms with van der Waals surface area (Å²) in [5, 5.41) is 22.3. The molecule has 2 heterocycles. The third-order valence-corrected chi connectivity index (χ3v) is 7.84. The normalized spacial score (nSPS) is 13.8. The second-order valence-corrected chi connectivity index (χ2v) is 10.9. The molecular formula is C29H30IN5O5. The van der Waals surface area contributed by atoms with Gasteiger partial charge >= 0.3 is 11.9 Å². The maximum absolute atomic E-state index is 12.0. The van der Waals surface area contributed by atoms with Crippen LogP contribution in [0.15, 0.2) is 42.5 Å². The molecule has 1 fully saturated rings. The summed E-state index contributed by atoms with van der Waals surface area (Å²) in [6, 6.07) is 14.0. The van der Waals surface area contributed by atoms with E-state index >= 15 is 0 Å². The first-order valence-corrected chi connectivity index (χ1v) is 14.6. The van der Waals surface area contributed by atoms with Crippen LogP contribution in [0.25, 0.3) is 22.6 Å². The number of anilines is 1. The summed E-state index contributed by atoms with van der Waals surface area (Å²) in [7, 11) is 0. The number of ether oxygens (including phenoxy) is 1. The van der Waals surface area contributed by atoms with Crippen molar-refractivity contribution in [2.75, 3.05) is 11.9 Å². The first kappa shape index (κ1) is 27.8. The molecule has 2 aromatic carbocycles. The molecule has 3 N–H and O–H groups in total. The van der Waals surface area contributed by atoms with Gasteiger partial charge in [-0.05, 0) is 55.9 Å². The van der Waals surface area contributed by atoms with Crippen LogP contribution in [0.2, 0.25) is 0 Å². The number of rotatable bonds is 12. The van der Waals surface area contributed by atoms with Gasteiger partial charge in [-0.2, -0.15) is 0 Å². The Labute approximate surface area is 245 Å². The Bertz CT molecular complexity index is 1570. The Hall–Kier alpha value is -3.74. The number of carboxylic acid groups (broad SMARTS) is 2. The number of halogens is 1. The molecule has 1 aliphatic carbocycles. The Kier molecular flexibility index (Phi) is 8.19. The molecule has 4 aromatic rings. The van der Waals surface area contributed by atoms with E-state index < -0.39 is 11.9 Å². The van der Waals surface area contributed by atoms with Crippen molar-refractivity contribution in [1.29, 1.82) is 0 Å². The molecule has 0 radical (unpaired) electrons. The van der Waals surface area contributed by atoms with Gasteiger partial charge in [0.15, 0.2) is 11.5 Å². The fourth-order valence-electron chi connectivity index (χ4n) is 4.63. The monoisotopic (exact) mass is 655 g/mol. The fraction of sp³-hybridized carbons (Fsp3) is 0.345. The van der Waals surface area contributed by atoms with Gasteiger partial charge in [-0.15, -0.1) is 0 Å². The molecule has 10 nitrogen and oxygen atoms in total. The highest BCUT2D eigenvalue weighted by Gasteiger charge is 2.30. The van der Waals surface area contributed by atoms with Gasteiger partial charge in [0.25, 0.3) is 0 Å². The molecule has 40 heavy (non-hydrogen) atoms. The van der Waals surface area contributed by atoms with E-state index in [0.717, 1.165) is 28.4 Å². The number of benzene rings is 2. The van der Waals surface area contributed by atoms with E-state index in [1.54, 1.807) is 6.07 Å². The van der Waals surface area contributed by atoms with E-state index in [1.807, 2.05) is 23.6 Å². The van der Waals surface area contributed by atoms with Crippen molar-refractivity contribution >= 4 is 51.5 Å². The van der Waals surface area contributed by atoms with Crippen LogP contribution in [0.4, 0.5) is 5.82 Å². The predicted octanol–water partition coefficient (Wildman–Crippen LogP) is 5.55. The van der Waals surface area contributed by atoms with Crippen molar-refractivity contribution in [2.24, 2.45) is 5.92 Å². The van der Waals surface area contributed by atoms with Crippen LogP contribution in [0.3, 0.4) is 0 Å². The number of carbonyl (C=O) groups is 2. The Morgan fingerprint density at radius 3 is 2.48 bits per heavy atom. The maximum Gasteiger partial charge on any atom is 0.374 e. The van der Waals surface area contributed by atoms with E-state index in [0.29, 0.717) is 40.9 Å². The van der Waals surface area contributed by atoms with Crippen LogP contribution in [-0.2, 0) is 15.8 Å². The van der Waals surface area contributed by atoms with Gasteiger partial charge in [0.05, 0.1) is 18.6 Å². The van der Waals surface area contributed by atoms with Crippen LogP contribution >= 0.6 is 22.6 Å². The molecule has 0 saturated heterocycles. The van der Waals surface area contributed by atoms with E-state index in [2.05, 4.69) is 69.1 Å². The van der Waals surface area contributed by atoms with E-state index in [-0.39, 0.29) is 30.5 Å². The zero-order chi connectivity index (χ0) is 28.4. The summed E-state index contributed by atoms with van der Waals surface area (Å²) >= 11 is 2.33. The molecular weight excluding hydrogens is 625 g/mol. The average Bonchev–Trinajstić information content (AvgIpc) is 3.72. The lowest BCUT2D eigenvalue weighted by Crippen LogP contribution is -2.20. The van der Waals surface area contributed by atoms with Gasteiger partial charge in [-0.1, -0.05) is 58.5 Å². The zero-order valence-corrected chi connectivity index (χ0v) is 24.4. The second-order valence-electron chi connectivity index (χ2n) is 10.1. The number of alkyl halides is 1. The molecule has 1 aliphatic rings. The van der Waals surface area contributed by atoms with Crippen molar-refractivity contribution in [2.45, 2.75) is 50.1 Å². The molecule has 0 amide bonds. The molecule has 208 valence electrons. The number of aromatic carboxylic acids is 1. The summed E-state index contributed by atoms with van der Waals surface area (Å²) in [5.74, 6) is -0.582. The number of aryl methyl sites for hydroxylation is 1. The van der Waals surface area contributed by atoms with Crippen LogP contribution in [-0.4, -0.2) is 54.3 Å². The number of imidazole rings is 1. The summed E-state index contributed by atoms with van der Waals surface area (Å²) in [6.07, 6.45) is 2.08. The molecule has 1 saturated carbocycles. The molecule has 1 atom stereocenters. The number of nitrogens with zero attached hydrogens (tertiary/aromatic N) is 4. The van der Waals surface area contributed by atoms with E-state index in [9.17, 15) is 14.7 Å². The smallest absolute Gasteiger partial charge is 0.374 e. The van der Waals surface area contributed by atoms with Gasteiger partial charge in [-0.25, -0.2) is 19.7 Å². The summed E-state index contributed by atoms with van der Waals surface area (Å²) in [6.45, 7) is 4.45. The SMILES string of the molecule is Cc1ccc(OCCC(=O)O)c(-c2nc3nc(C(=O)O)nc(N[C@H](C)C4CC4)c3n2Cc2ccc(CI)cc2)c1. The van der Waals surface area contributed by atoms with Crippen molar-refractivity contribution < 1.29 is 24.5 Å². The van der Waals surface area contributed by atoms with Crippen LogP contribution in [0, 0.1) is 12.8 Å². The topological polar surface area (TPSA) is 139 Å². The Balaban J connectivity index is 1.71. The van der Waals surface area contributed by atoms with Crippen molar-refractivity contribution in [3.8, 4) is 17.1 Å². The number of nitrogens with one attached hydrogen (secondary N) is 1. The molecule has 5 rings (SSSR count). The highest BCUT2D eigenvalue weighted by atomic mass is 127. The summed E-state index contributed by atoms with van der Waals surface area (Å²) < 4.78 is 8.79.